The van der Waals surface area contributed by atoms with Crippen LogP contribution in [0.4, 0.5) is 0 Å². The molecule has 6 heteroatoms. The van der Waals surface area contributed by atoms with Gasteiger partial charge in [0, 0.05) is 0 Å². The van der Waals surface area contributed by atoms with Crippen LogP contribution in [0.25, 0.3) is 0 Å². The smallest absolute Gasteiger partial charge is 0.414 e. The Labute approximate surface area is 62.7 Å². The van der Waals surface area contributed by atoms with Crippen LogP contribution < -0.4 is 0 Å². The van der Waals surface area contributed by atoms with Gasteiger partial charge in [-0.1, -0.05) is 6.92 Å². The fourth-order valence-electron chi connectivity index (χ4n) is 0. The van der Waals surface area contributed by atoms with Crippen molar-refractivity contribution in [1.82, 2.24) is 0 Å². The Morgan fingerprint density at radius 1 is 1.18 bits per heavy atom. The summed E-state index contributed by atoms with van der Waals surface area (Å²) in [6, 6.07) is 0. The van der Waals surface area contributed by atoms with E-state index in [0.717, 1.165) is 0 Å². The summed E-state index contributed by atoms with van der Waals surface area (Å²) in [6.07, 6.45) is -0.699. The van der Waals surface area contributed by atoms with E-state index < -0.39 is 18.2 Å². The lowest BCUT2D eigenvalue weighted by atomic mass is 10.5. The maximum atomic E-state index is 9.10. The molecule has 4 N–H and O–H groups in total. The Bertz CT molecular complexity index is 117. The zero-order chi connectivity index (χ0) is 9.44. The molecule has 11 heavy (non-hydrogen) atoms. The van der Waals surface area contributed by atoms with Crippen LogP contribution in [0.2, 0.25) is 0 Å². The molecule has 0 saturated heterocycles. The van der Waals surface area contributed by atoms with Crippen molar-refractivity contribution >= 4 is 11.9 Å². The summed E-state index contributed by atoms with van der Waals surface area (Å²) < 4.78 is 0. The van der Waals surface area contributed by atoms with Gasteiger partial charge in [-0.2, -0.15) is 0 Å². The van der Waals surface area contributed by atoms with E-state index in [0.29, 0.717) is 6.42 Å². The van der Waals surface area contributed by atoms with E-state index in [-0.39, 0.29) is 0 Å². The molecule has 0 aliphatic carbocycles. The molecule has 0 saturated carbocycles. The van der Waals surface area contributed by atoms with Gasteiger partial charge < -0.3 is 20.4 Å². The van der Waals surface area contributed by atoms with Gasteiger partial charge in [-0.15, -0.1) is 0 Å². The van der Waals surface area contributed by atoms with Crippen LogP contribution >= 0.6 is 0 Å². The normalized spacial score (nSPS) is 8.36. The van der Waals surface area contributed by atoms with Crippen LogP contribution in [0.15, 0.2) is 0 Å². The topological polar surface area (TPSA) is 115 Å². The van der Waals surface area contributed by atoms with E-state index >= 15 is 0 Å². The average Bonchev–Trinajstić information content (AvgIpc) is 1.89. The summed E-state index contributed by atoms with van der Waals surface area (Å²) >= 11 is 0. The van der Waals surface area contributed by atoms with Crippen molar-refractivity contribution in [2.45, 2.75) is 19.6 Å². The second-order valence-electron chi connectivity index (χ2n) is 1.50. The highest BCUT2D eigenvalue weighted by atomic mass is 16.5. The highest BCUT2D eigenvalue weighted by Crippen LogP contribution is 1.77. The summed E-state index contributed by atoms with van der Waals surface area (Å²) in [5, 5.41) is 30.6. The Morgan fingerprint density at radius 3 is 1.36 bits per heavy atom. The van der Waals surface area contributed by atoms with Crippen molar-refractivity contribution in [1.29, 1.82) is 0 Å². The van der Waals surface area contributed by atoms with E-state index in [1.165, 1.54) is 0 Å². The summed E-state index contributed by atoms with van der Waals surface area (Å²) in [6.45, 7) is 1.70. The molecular formula is C5H10O6. The number of aliphatic hydroxyl groups excluding tert-OH is 1. The van der Waals surface area contributed by atoms with E-state index in [1.54, 1.807) is 6.92 Å². The molecule has 0 aromatic rings. The Hall–Kier alpha value is -1.14. The lowest BCUT2D eigenvalue weighted by Gasteiger charge is -1.90. The molecule has 0 aliphatic heterocycles. The highest BCUT2D eigenvalue weighted by Gasteiger charge is 2.04. The standard InChI is InChI=1S/C3H8O2.C2H2O4/c1-2-3(4)5;3-1(4)2(5)6/h3-5H,2H2,1H3;(H,3,4)(H,5,6). The molecule has 0 aromatic heterocycles. The minimum atomic E-state index is -1.82. The maximum Gasteiger partial charge on any atom is 0.414 e. The number of hydrogen-bond acceptors (Lipinski definition) is 4. The first kappa shape index (κ1) is 12.5. The number of hydrogen-bond donors (Lipinski definition) is 4. The summed E-state index contributed by atoms with van der Waals surface area (Å²) in [4.78, 5) is 18.2. The highest BCUT2D eigenvalue weighted by molar-refractivity contribution is 6.27. The van der Waals surface area contributed by atoms with Gasteiger partial charge in [0.25, 0.3) is 0 Å². The van der Waals surface area contributed by atoms with Gasteiger partial charge in [-0.3, -0.25) is 0 Å². The van der Waals surface area contributed by atoms with Crippen LogP contribution in [-0.4, -0.2) is 38.7 Å². The van der Waals surface area contributed by atoms with Gasteiger partial charge in [-0.25, -0.2) is 9.59 Å². The molecule has 0 atom stereocenters. The van der Waals surface area contributed by atoms with Crippen LogP contribution in [0.3, 0.4) is 0 Å². The monoisotopic (exact) mass is 166 g/mol. The quantitative estimate of drug-likeness (QED) is 0.289. The number of carboxylic acids is 2. The van der Waals surface area contributed by atoms with Crippen LogP contribution in [0.1, 0.15) is 13.3 Å². The van der Waals surface area contributed by atoms with Gasteiger partial charge in [0.2, 0.25) is 0 Å². The molecule has 6 nitrogen and oxygen atoms in total. The second kappa shape index (κ2) is 6.97. The van der Waals surface area contributed by atoms with Crippen molar-refractivity contribution in [2.24, 2.45) is 0 Å². The molecule has 0 bridgehead atoms. The van der Waals surface area contributed by atoms with Gasteiger partial charge >= 0.3 is 11.9 Å². The first-order chi connectivity index (χ1) is 4.91. The SMILES string of the molecule is CCC(O)O.O=C(O)C(=O)O. The second-order valence-corrected chi connectivity index (χ2v) is 1.50. The molecule has 0 heterocycles. The fraction of sp³-hybridized carbons (Fsp3) is 0.600. The van der Waals surface area contributed by atoms with Gasteiger partial charge in [-0.05, 0) is 6.42 Å². The zero-order valence-corrected chi connectivity index (χ0v) is 5.89. The summed E-state index contributed by atoms with van der Waals surface area (Å²) in [5.41, 5.74) is 0. The molecule has 0 aliphatic rings. The predicted octanol–water partition coefficient (Wildman–Crippen LogP) is -1.14. The minimum absolute atomic E-state index is 0.417. The predicted molar refractivity (Wildman–Crippen MR) is 33.8 cm³/mol. The molecule has 0 radical (unpaired) electrons. The molecule has 0 fully saturated rings. The average molecular weight is 166 g/mol. The Morgan fingerprint density at radius 2 is 1.36 bits per heavy atom. The zero-order valence-electron chi connectivity index (χ0n) is 5.89. The molecule has 0 amide bonds. The van der Waals surface area contributed by atoms with E-state index in [9.17, 15) is 0 Å². The van der Waals surface area contributed by atoms with Crippen molar-refractivity contribution < 1.29 is 30.0 Å². The van der Waals surface area contributed by atoms with Crippen LogP contribution in [0, 0.1) is 0 Å². The molecule has 0 spiro atoms. The van der Waals surface area contributed by atoms with E-state index in [4.69, 9.17) is 30.0 Å². The van der Waals surface area contributed by atoms with E-state index in [1.807, 2.05) is 0 Å². The van der Waals surface area contributed by atoms with Crippen molar-refractivity contribution in [2.75, 3.05) is 0 Å². The van der Waals surface area contributed by atoms with Crippen molar-refractivity contribution in [3.63, 3.8) is 0 Å². The molecule has 66 valence electrons. The van der Waals surface area contributed by atoms with Gasteiger partial charge in [0.05, 0.1) is 0 Å². The number of carbonyl (C=O) groups is 2. The Balaban J connectivity index is 0. The van der Waals surface area contributed by atoms with Gasteiger partial charge in [0.15, 0.2) is 6.29 Å². The molecule has 0 unspecified atom stereocenters. The number of aliphatic hydroxyl groups is 2. The third kappa shape index (κ3) is 17.7. The largest absolute Gasteiger partial charge is 0.473 e. The lowest BCUT2D eigenvalue weighted by Crippen LogP contribution is -2.09. The fourth-order valence-corrected chi connectivity index (χ4v) is 0. The number of rotatable bonds is 1. The Kier molecular flexibility index (Phi) is 7.94. The first-order valence-electron chi connectivity index (χ1n) is 2.74. The van der Waals surface area contributed by atoms with Crippen LogP contribution in [-0.2, 0) is 9.59 Å². The van der Waals surface area contributed by atoms with Crippen molar-refractivity contribution in [3.05, 3.63) is 0 Å². The van der Waals surface area contributed by atoms with E-state index in [2.05, 4.69) is 0 Å². The van der Waals surface area contributed by atoms with Gasteiger partial charge in [0.1, 0.15) is 0 Å². The molecule has 0 aromatic carbocycles. The first-order valence-corrected chi connectivity index (χ1v) is 2.74. The molecule has 0 rings (SSSR count). The number of carboxylic acid groups (broad SMARTS) is 2. The maximum absolute atomic E-state index is 9.10. The number of aliphatic carboxylic acids is 2. The lowest BCUT2D eigenvalue weighted by molar-refractivity contribution is -0.159. The molecular weight excluding hydrogens is 156 g/mol. The third-order valence-corrected chi connectivity index (χ3v) is 0.548. The summed E-state index contributed by atoms with van der Waals surface area (Å²) in [5.74, 6) is -3.65. The third-order valence-electron chi connectivity index (χ3n) is 0.548. The summed E-state index contributed by atoms with van der Waals surface area (Å²) in [7, 11) is 0. The van der Waals surface area contributed by atoms with Crippen LogP contribution in [0.5, 0.6) is 0 Å². The minimum Gasteiger partial charge on any atom is -0.473 e. The van der Waals surface area contributed by atoms with Crippen molar-refractivity contribution in [3.8, 4) is 0 Å².